The Hall–Kier alpha value is -3.20. The van der Waals surface area contributed by atoms with Crippen LogP contribution < -0.4 is 27.7 Å². The normalized spacial score (nSPS) is 15.3. The van der Waals surface area contributed by atoms with E-state index in [0.717, 1.165) is 31.2 Å². The molecule has 0 spiro atoms. The van der Waals surface area contributed by atoms with Gasteiger partial charge in [-0.1, -0.05) is 45.2 Å². The van der Waals surface area contributed by atoms with E-state index in [2.05, 4.69) is 20.6 Å². The average molecular weight is 455 g/mol. The number of benzene rings is 1. The Kier molecular flexibility index (Phi) is 7.53. The van der Waals surface area contributed by atoms with Crippen molar-refractivity contribution in [1.82, 2.24) is 9.97 Å². The lowest BCUT2D eigenvalue weighted by Crippen LogP contribution is -2.48. The average Bonchev–Trinajstić information content (AvgIpc) is 2.73. The SMILES string of the molecule is Cc1ccc(C(=O)CC(C)C)cc1Nc1nc(NCC2(N)CCCCC2)[nH]c(=O)c1C(N)=O. The molecule has 1 fully saturated rings. The van der Waals surface area contributed by atoms with Crippen LogP contribution in [0.3, 0.4) is 0 Å². The smallest absolute Gasteiger partial charge is 0.267 e. The van der Waals surface area contributed by atoms with Crippen molar-refractivity contribution in [3.63, 3.8) is 0 Å². The quantitative estimate of drug-likeness (QED) is 0.364. The molecule has 1 amide bonds. The largest absolute Gasteiger partial charge is 0.365 e. The minimum atomic E-state index is -0.898. The van der Waals surface area contributed by atoms with E-state index in [-0.39, 0.29) is 34.6 Å². The molecule has 33 heavy (non-hydrogen) atoms. The third-order valence-corrected chi connectivity index (χ3v) is 6.03. The summed E-state index contributed by atoms with van der Waals surface area (Å²) in [6.45, 7) is 6.27. The summed E-state index contributed by atoms with van der Waals surface area (Å²) in [5, 5.41) is 6.16. The van der Waals surface area contributed by atoms with Gasteiger partial charge in [-0.25, -0.2) is 0 Å². The van der Waals surface area contributed by atoms with Crippen LogP contribution in [0.4, 0.5) is 17.5 Å². The van der Waals surface area contributed by atoms with E-state index < -0.39 is 11.5 Å². The van der Waals surface area contributed by atoms with Gasteiger partial charge in [0.15, 0.2) is 11.6 Å². The number of carbonyl (C=O) groups excluding carboxylic acids is 2. The van der Waals surface area contributed by atoms with Crippen molar-refractivity contribution in [2.24, 2.45) is 17.4 Å². The molecule has 3 rings (SSSR count). The minimum Gasteiger partial charge on any atom is -0.365 e. The Morgan fingerprint density at radius 2 is 1.91 bits per heavy atom. The third-order valence-electron chi connectivity index (χ3n) is 6.03. The Morgan fingerprint density at radius 1 is 1.21 bits per heavy atom. The Balaban J connectivity index is 1.90. The number of rotatable bonds is 9. The van der Waals surface area contributed by atoms with Gasteiger partial charge in [0.2, 0.25) is 5.95 Å². The highest BCUT2D eigenvalue weighted by molar-refractivity contribution is 5.99. The number of aryl methyl sites for hydroxylation is 1. The molecule has 1 aromatic carbocycles. The number of nitrogens with one attached hydrogen (secondary N) is 3. The van der Waals surface area contributed by atoms with Crippen molar-refractivity contribution in [2.75, 3.05) is 17.2 Å². The molecule has 1 aliphatic rings. The van der Waals surface area contributed by atoms with E-state index in [1.165, 1.54) is 6.42 Å². The Labute approximate surface area is 193 Å². The standard InChI is InChI=1S/C24H34N6O3/c1-14(2)11-18(31)16-8-7-15(3)17(12-16)28-21-19(20(25)32)22(33)30-23(29-21)27-13-24(26)9-5-4-6-10-24/h7-8,12,14H,4-6,9-11,13,26H2,1-3H3,(H2,25,32)(H3,27,28,29,30,33). The van der Waals surface area contributed by atoms with E-state index in [1.54, 1.807) is 12.1 Å². The number of amides is 1. The monoisotopic (exact) mass is 454 g/mol. The first-order valence-corrected chi connectivity index (χ1v) is 11.5. The molecular formula is C24H34N6O3. The summed E-state index contributed by atoms with van der Waals surface area (Å²) in [6.07, 6.45) is 5.53. The van der Waals surface area contributed by atoms with Gasteiger partial charge in [0, 0.05) is 29.8 Å². The first-order valence-electron chi connectivity index (χ1n) is 11.5. The molecular weight excluding hydrogens is 420 g/mol. The van der Waals surface area contributed by atoms with Crippen LogP contribution in [0, 0.1) is 12.8 Å². The van der Waals surface area contributed by atoms with Crippen LogP contribution in [0.25, 0.3) is 0 Å². The lowest BCUT2D eigenvalue weighted by Gasteiger charge is -2.33. The van der Waals surface area contributed by atoms with Gasteiger partial charge in [-0.3, -0.25) is 19.4 Å². The van der Waals surface area contributed by atoms with Crippen molar-refractivity contribution in [2.45, 2.75) is 64.8 Å². The molecule has 9 heteroatoms. The van der Waals surface area contributed by atoms with Crippen LogP contribution in [-0.4, -0.2) is 33.7 Å². The van der Waals surface area contributed by atoms with Crippen molar-refractivity contribution >= 4 is 29.1 Å². The molecule has 1 aliphatic carbocycles. The second kappa shape index (κ2) is 10.2. The second-order valence-corrected chi connectivity index (χ2v) is 9.45. The van der Waals surface area contributed by atoms with Gasteiger partial charge in [-0.2, -0.15) is 4.98 Å². The molecule has 2 aromatic rings. The van der Waals surface area contributed by atoms with E-state index in [4.69, 9.17) is 11.5 Å². The molecule has 9 nitrogen and oxygen atoms in total. The van der Waals surface area contributed by atoms with Crippen LogP contribution in [0.1, 0.15) is 78.7 Å². The molecule has 0 radical (unpaired) electrons. The predicted octanol–water partition coefficient (Wildman–Crippen LogP) is 3.22. The molecule has 1 aromatic heterocycles. The molecule has 178 valence electrons. The Morgan fingerprint density at radius 3 is 2.55 bits per heavy atom. The summed E-state index contributed by atoms with van der Waals surface area (Å²) in [5.74, 6) is -0.419. The van der Waals surface area contributed by atoms with Gasteiger partial charge in [-0.05, 0) is 37.3 Å². The molecule has 0 atom stereocenters. The van der Waals surface area contributed by atoms with Crippen LogP contribution >= 0.6 is 0 Å². The number of H-pyrrole nitrogens is 1. The summed E-state index contributed by atoms with van der Waals surface area (Å²) >= 11 is 0. The van der Waals surface area contributed by atoms with Crippen molar-refractivity contribution in [3.8, 4) is 0 Å². The predicted molar refractivity (Wildman–Crippen MR) is 130 cm³/mol. The van der Waals surface area contributed by atoms with Gasteiger partial charge in [0.1, 0.15) is 5.56 Å². The zero-order valence-corrected chi connectivity index (χ0v) is 19.6. The first kappa shape index (κ1) is 24.4. The van der Waals surface area contributed by atoms with Gasteiger partial charge in [0.05, 0.1) is 0 Å². The number of nitrogens with zero attached hydrogens (tertiary/aromatic N) is 1. The van der Waals surface area contributed by atoms with E-state index >= 15 is 0 Å². The maximum absolute atomic E-state index is 12.6. The molecule has 0 saturated heterocycles. The number of carbonyl (C=O) groups is 2. The maximum atomic E-state index is 12.6. The van der Waals surface area contributed by atoms with Crippen molar-refractivity contribution in [1.29, 1.82) is 0 Å². The number of primary amides is 1. The number of aromatic amines is 1. The summed E-state index contributed by atoms with van der Waals surface area (Å²) in [4.78, 5) is 44.2. The number of hydrogen-bond donors (Lipinski definition) is 5. The fourth-order valence-corrected chi connectivity index (χ4v) is 4.11. The summed E-state index contributed by atoms with van der Waals surface area (Å²) < 4.78 is 0. The lowest BCUT2D eigenvalue weighted by molar-refractivity contribution is 0.0965. The summed E-state index contributed by atoms with van der Waals surface area (Å²) in [6, 6.07) is 5.29. The summed E-state index contributed by atoms with van der Waals surface area (Å²) in [7, 11) is 0. The number of nitrogens with two attached hydrogens (primary N) is 2. The lowest BCUT2D eigenvalue weighted by atomic mass is 9.82. The number of aromatic nitrogens is 2. The number of ketones is 1. The van der Waals surface area contributed by atoms with Gasteiger partial charge >= 0.3 is 0 Å². The number of Topliss-reactive ketones (excluding diaryl/α,β-unsaturated/α-hetero) is 1. The zero-order chi connectivity index (χ0) is 24.2. The highest BCUT2D eigenvalue weighted by Gasteiger charge is 2.27. The third kappa shape index (κ3) is 6.19. The van der Waals surface area contributed by atoms with Crippen molar-refractivity contribution < 1.29 is 9.59 Å². The first-order chi connectivity index (χ1) is 15.6. The number of hydrogen-bond acceptors (Lipinski definition) is 7. The van der Waals surface area contributed by atoms with Crippen LogP contribution in [-0.2, 0) is 0 Å². The van der Waals surface area contributed by atoms with E-state index in [1.807, 2.05) is 26.8 Å². The topological polar surface area (TPSA) is 156 Å². The van der Waals surface area contributed by atoms with Gasteiger partial charge in [-0.15, -0.1) is 0 Å². The minimum absolute atomic E-state index is 0.0186. The fourth-order valence-electron chi connectivity index (χ4n) is 4.11. The highest BCUT2D eigenvalue weighted by Crippen LogP contribution is 2.27. The fraction of sp³-hybridized carbons (Fsp3) is 0.500. The molecule has 1 heterocycles. The van der Waals surface area contributed by atoms with E-state index in [9.17, 15) is 14.4 Å². The number of anilines is 3. The van der Waals surface area contributed by atoms with Gasteiger partial charge < -0.3 is 22.1 Å². The molecule has 0 bridgehead atoms. The Bertz CT molecular complexity index is 1090. The summed E-state index contributed by atoms with van der Waals surface area (Å²) in [5.41, 5.74) is 12.6. The van der Waals surface area contributed by atoms with Crippen LogP contribution in [0.5, 0.6) is 0 Å². The maximum Gasteiger partial charge on any atom is 0.267 e. The molecule has 7 N–H and O–H groups in total. The molecule has 0 unspecified atom stereocenters. The van der Waals surface area contributed by atoms with Gasteiger partial charge in [0.25, 0.3) is 11.5 Å². The highest BCUT2D eigenvalue weighted by atomic mass is 16.2. The zero-order valence-electron chi connectivity index (χ0n) is 19.6. The second-order valence-electron chi connectivity index (χ2n) is 9.45. The van der Waals surface area contributed by atoms with Crippen molar-refractivity contribution in [3.05, 3.63) is 45.2 Å². The van der Waals surface area contributed by atoms with Crippen LogP contribution in [0.2, 0.25) is 0 Å². The molecule has 0 aliphatic heterocycles. The van der Waals surface area contributed by atoms with Crippen LogP contribution in [0.15, 0.2) is 23.0 Å². The van der Waals surface area contributed by atoms with E-state index in [0.29, 0.717) is 24.2 Å². The molecule has 1 saturated carbocycles.